The number of nitrogens with zero attached hydrogens (tertiary/aromatic N) is 8. The first kappa shape index (κ1) is 101. The van der Waals surface area contributed by atoms with Gasteiger partial charge in [-0.2, -0.15) is 0 Å². The maximum Gasteiger partial charge on any atom is 0.329 e. The van der Waals surface area contributed by atoms with E-state index in [-0.39, 0.29) is 114 Å². The summed E-state index contributed by atoms with van der Waals surface area (Å²) in [6.07, 6.45) is 15.0. The molecule has 2 saturated carbocycles. The highest BCUT2D eigenvalue weighted by Gasteiger charge is 2.54. The maximum atomic E-state index is 14.6. The average molecular weight is 1790 g/mol. The number of carbonyl (C=O) groups is 7. The molecule has 3 saturated heterocycles. The standard InChI is InChI=1S/C39H55N3O7.C37H52ClN3O7.C19H24ClN3O4.ClH/c1-11-13-14-16-25-17-15-18-31(25)47-33(43)22-27(38(4,5)6)36(44)42-23-32(24(3)34(42)37(45)49-39(7,8)9)48-35-28(12-2)40-29-20-19-26(46-10)21-30(29)41-35;1-10-11-12-14-23-15-13-16-28(23)46-30(42)20-25(36(3,4)5)34(43)41-21-29(22(2)31(41)35(44)48-37(6,7)8)47-33-32(38)39-26-18-17-24(45-9)19-27(26)40-33;1-10-14(9-21-15(10)18(24)27-19(2,3)4)26-17-16(20)22-12-7-6-11(25-5)8-13(12)23-17;/h11-12,19-21,24-25,27,31-32,34H,1-2,13-18,22-23H2,3-10H3;10,17-19,22-23,25,28-29,31H,1,11-16,20-21H2,2-9H3;6-8,10,14-15,21H,9H2,1-5H3;1H/t24-,25-,27-,31-,32+,34+;22-,23-,25-,28-,29+,31+;10-,14+,15+;/m111./s1. The highest BCUT2D eigenvalue weighted by molar-refractivity contribution is 6.31. The van der Waals surface area contributed by atoms with Gasteiger partial charge in [-0.25, -0.2) is 39.5 Å². The maximum absolute atomic E-state index is 14.6. The first-order chi connectivity index (χ1) is 58.2. The fourth-order valence-electron chi connectivity index (χ4n) is 16.6. The van der Waals surface area contributed by atoms with E-state index in [0.29, 0.717) is 74.4 Å². The second-order valence-electron chi connectivity index (χ2n) is 38.3. The smallest absolute Gasteiger partial charge is 0.329 e. The van der Waals surface area contributed by atoms with Crippen molar-refractivity contribution in [3.8, 4) is 34.9 Å². The number of benzene rings is 3. The number of carbonyl (C=O) groups excluding carboxylic acids is 7. The zero-order valence-corrected chi connectivity index (χ0v) is 79.1. The molecule has 0 spiro atoms. The van der Waals surface area contributed by atoms with Crippen LogP contribution in [0.3, 0.4) is 0 Å². The Kier molecular flexibility index (Phi) is 35.3. The van der Waals surface area contributed by atoms with Crippen LogP contribution in [0, 0.1) is 52.3 Å². The molecule has 5 aliphatic rings. The van der Waals surface area contributed by atoms with Gasteiger partial charge >= 0.3 is 29.8 Å². The van der Waals surface area contributed by atoms with Crippen LogP contribution >= 0.6 is 35.6 Å². The first-order valence-corrected chi connectivity index (χ1v) is 44.2. The van der Waals surface area contributed by atoms with Crippen LogP contribution in [0.5, 0.6) is 34.9 Å². The minimum Gasteiger partial charge on any atom is -0.497 e. The van der Waals surface area contributed by atoms with Gasteiger partial charge in [-0.15, -0.1) is 25.6 Å². The molecule has 11 rings (SSSR count). The molecule has 30 heteroatoms. The van der Waals surface area contributed by atoms with Crippen LogP contribution in [0.2, 0.25) is 10.3 Å². The number of amides is 2. The van der Waals surface area contributed by atoms with E-state index >= 15 is 0 Å². The number of likely N-dealkylation sites (tertiary alicyclic amines) is 2. The molecule has 2 amide bonds. The largest absolute Gasteiger partial charge is 0.497 e. The molecule has 6 aromatic rings. The van der Waals surface area contributed by atoms with Crippen molar-refractivity contribution in [1.82, 2.24) is 45.0 Å². The van der Waals surface area contributed by atoms with Gasteiger partial charge in [0.15, 0.2) is 10.3 Å². The van der Waals surface area contributed by atoms with Gasteiger partial charge in [-0.3, -0.25) is 24.0 Å². The molecular weight excluding hydrogens is 1660 g/mol. The Morgan fingerprint density at radius 1 is 0.472 bits per heavy atom. The van der Waals surface area contributed by atoms with Crippen LogP contribution in [0.25, 0.3) is 39.2 Å². The molecule has 686 valence electrons. The van der Waals surface area contributed by atoms with Gasteiger partial charge in [-0.05, 0) is 205 Å². The van der Waals surface area contributed by atoms with Crippen molar-refractivity contribution in [2.45, 2.75) is 280 Å². The summed E-state index contributed by atoms with van der Waals surface area (Å²) < 4.78 is 63.9. The average Bonchev–Trinajstić information content (AvgIpc) is 1.63. The second kappa shape index (κ2) is 43.5. The quantitative estimate of drug-likeness (QED) is 0.0197. The van der Waals surface area contributed by atoms with Crippen LogP contribution in [0.1, 0.15) is 220 Å². The molecule has 3 aliphatic heterocycles. The summed E-state index contributed by atoms with van der Waals surface area (Å²) >= 11 is 12.8. The number of aromatic nitrogens is 6. The van der Waals surface area contributed by atoms with Crippen LogP contribution in [0.4, 0.5) is 0 Å². The molecule has 2 aliphatic carbocycles. The van der Waals surface area contributed by atoms with Gasteiger partial charge < -0.3 is 67.2 Å². The van der Waals surface area contributed by atoms with E-state index in [2.05, 4.69) is 50.0 Å². The Balaban J connectivity index is 0.000000241. The van der Waals surface area contributed by atoms with E-state index in [1.54, 1.807) is 117 Å². The molecule has 15 atom stereocenters. The zero-order valence-electron chi connectivity index (χ0n) is 76.8. The molecule has 0 radical (unpaired) electrons. The summed E-state index contributed by atoms with van der Waals surface area (Å²) in [5.41, 5.74) is 0.699. The summed E-state index contributed by atoms with van der Waals surface area (Å²) in [5, 5.41) is 3.40. The molecular formula is C95H132Cl3N9O18. The van der Waals surface area contributed by atoms with Gasteiger partial charge in [-0.1, -0.05) is 104 Å². The number of esters is 5. The molecule has 27 nitrogen and oxygen atoms in total. The number of fused-ring (bicyclic) bond motifs is 3. The Hall–Kier alpha value is -9.18. The molecule has 6 heterocycles. The second-order valence-corrected chi connectivity index (χ2v) is 39.1. The van der Waals surface area contributed by atoms with Gasteiger partial charge in [0, 0.05) is 42.5 Å². The van der Waals surface area contributed by atoms with E-state index in [9.17, 15) is 33.6 Å². The number of ether oxygens (including phenoxy) is 11. The number of nitrogens with one attached hydrogen (secondary N) is 1. The van der Waals surface area contributed by atoms with Crippen molar-refractivity contribution in [2.75, 3.05) is 41.0 Å². The predicted molar refractivity (Wildman–Crippen MR) is 484 cm³/mol. The minimum atomic E-state index is -0.959. The van der Waals surface area contributed by atoms with E-state index in [4.69, 9.17) is 80.3 Å². The van der Waals surface area contributed by atoms with E-state index < -0.39 is 99.5 Å². The third kappa shape index (κ3) is 27.2. The molecule has 3 aromatic carbocycles. The number of halogens is 3. The summed E-state index contributed by atoms with van der Waals surface area (Å²) in [5.74, 6) is -2.27. The summed E-state index contributed by atoms with van der Waals surface area (Å²) in [7, 11) is 4.73. The molecule has 125 heavy (non-hydrogen) atoms. The lowest BCUT2D eigenvalue weighted by atomic mass is 9.77. The fraction of sp³-hybridized carbons (Fsp3) is 0.611. The van der Waals surface area contributed by atoms with Crippen molar-refractivity contribution >= 4 is 116 Å². The monoisotopic (exact) mass is 1790 g/mol. The van der Waals surface area contributed by atoms with Crippen molar-refractivity contribution in [3.05, 3.63) is 102 Å². The minimum absolute atomic E-state index is 0. The van der Waals surface area contributed by atoms with E-state index in [1.165, 1.54) is 9.80 Å². The van der Waals surface area contributed by atoms with Crippen LogP contribution in [-0.2, 0) is 57.2 Å². The van der Waals surface area contributed by atoms with Crippen molar-refractivity contribution in [3.63, 3.8) is 0 Å². The third-order valence-corrected chi connectivity index (χ3v) is 23.8. The van der Waals surface area contributed by atoms with Crippen LogP contribution < -0.4 is 33.7 Å². The highest BCUT2D eigenvalue weighted by Crippen LogP contribution is 2.43. The SMILES string of the molecule is C=CCCC[C@@H]1CCC[C@H]1OC(=O)C[C@H](C(=O)N1C[C@H](Oc2nc3cc(OC)ccc3nc2C=C)[C@@H](C)[C@H]1C(=O)OC(C)(C)C)C(C)(C)C.C=CCCC[C@@H]1CCC[C@H]1OC(=O)C[C@H](C(=O)N1C[C@H](Oc2nc3cc(OC)ccc3nc2Cl)[C@@H](C)[C@H]1C(=O)OC(C)(C)C)C(C)(C)C.COc1ccc2nc(Cl)c(O[C@H]3CN[C@H](C(=O)OC(C)(C)C)[C@@H]3C)nc2c1.Cl. The number of methoxy groups -OCH3 is 3. The summed E-state index contributed by atoms with van der Waals surface area (Å²) in [4.78, 5) is 126. The van der Waals surface area contributed by atoms with Gasteiger partial charge in [0.1, 0.15) is 88.4 Å². The number of rotatable bonds is 29. The summed E-state index contributed by atoms with van der Waals surface area (Å²) in [6.45, 7) is 45.6. The lowest BCUT2D eigenvalue weighted by molar-refractivity contribution is -0.167. The van der Waals surface area contributed by atoms with Crippen molar-refractivity contribution in [2.24, 2.45) is 52.3 Å². The fourth-order valence-corrected chi connectivity index (χ4v) is 17.0. The number of allylic oxidation sites excluding steroid dienone is 2. The van der Waals surface area contributed by atoms with Gasteiger partial charge in [0.2, 0.25) is 17.7 Å². The Morgan fingerprint density at radius 2 is 0.832 bits per heavy atom. The molecule has 1 N–H and O–H groups in total. The van der Waals surface area contributed by atoms with Crippen LogP contribution in [-0.4, -0.2) is 188 Å². The molecule has 0 unspecified atom stereocenters. The van der Waals surface area contributed by atoms with Crippen LogP contribution in [0.15, 0.2) is 86.5 Å². The predicted octanol–water partition coefficient (Wildman–Crippen LogP) is 18.1. The lowest BCUT2D eigenvalue weighted by Crippen LogP contribution is -2.50. The summed E-state index contributed by atoms with van der Waals surface area (Å²) in [6, 6.07) is 13.6. The Bertz CT molecular complexity index is 4790. The third-order valence-electron chi connectivity index (χ3n) is 23.4. The molecule has 3 aromatic heterocycles. The number of hydrogen-bond donors (Lipinski definition) is 1. The molecule has 5 fully saturated rings. The Morgan fingerprint density at radius 3 is 1.19 bits per heavy atom. The van der Waals surface area contributed by atoms with Crippen molar-refractivity contribution < 1.29 is 85.7 Å². The number of hydrogen-bond acceptors (Lipinski definition) is 25. The topological polar surface area (TPSA) is 317 Å². The number of unbranched alkanes of at least 4 members (excludes halogenated alkanes) is 2. The van der Waals surface area contributed by atoms with Crippen molar-refractivity contribution in [1.29, 1.82) is 0 Å². The van der Waals surface area contributed by atoms with E-state index in [1.807, 2.05) is 101 Å². The van der Waals surface area contributed by atoms with Gasteiger partial charge in [0.25, 0.3) is 11.8 Å². The normalized spacial score (nSPS) is 23.0. The highest BCUT2D eigenvalue weighted by atomic mass is 35.5. The Labute approximate surface area is 753 Å². The first-order valence-electron chi connectivity index (χ1n) is 43.4. The lowest BCUT2D eigenvalue weighted by Gasteiger charge is -2.35. The van der Waals surface area contributed by atoms with Gasteiger partial charge in [0.05, 0.1) is 92.2 Å². The molecule has 0 bridgehead atoms. The zero-order chi connectivity index (χ0) is 91.3. The van der Waals surface area contributed by atoms with E-state index in [0.717, 1.165) is 77.0 Å².